The maximum atomic E-state index is 14.0. The van der Waals surface area contributed by atoms with E-state index in [1.165, 1.54) is 0 Å². The molecule has 0 radical (unpaired) electrons. The van der Waals surface area contributed by atoms with E-state index in [1.54, 1.807) is 6.07 Å². The number of rotatable bonds is 3. The Morgan fingerprint density at radius 3 is 2.65 bits per heavy atom. The summed E-state index contributed by atoms with van der Waals surface area (Å²) in [5.74, 6) is 0.475. The number of piperazine rings is 1. The van der Waals surface area contributed by atoms with Crippen LogP contribution >= 0.6 is 0 Å². The Labute approximate surface area is 103 Å². The smallest absolute Gasteiger partial charge is 0.146 e. The molecule has 1 aliphatic heterocycles. The summed E-state index contributed by atoms with van der Waals surface area (Å²) >= 11 is 0. The Kier molecular flexibility index (Phi) is 4.00. The SMILES string of the molecule is CC(C)Cc1cccc(F)c1N1CCNCC1. The molecule has 1 aromatic carbocycles. The average Bonchev–Trinajstić information content (AvgIpc) is 2.29. The van der Waals surface area contributed by atoms with Crippen LogP contribution in [0, 0.1) is 11.7 Å². The van der Waals surface area contributed by atoms with E-state index in [0.29, 0.717) is 5.92 Å². The summed E-state index contributed by atoms with van der Waals surface area (Å²) in [6, 6.07) is 5.44. The van der Waals surface area contributed by atoms with Crippen LogP contribution in [0.3, 0.4) is 0 Å². The largest absolute Gasteiger partial charge is 0.366 e. The van der Waals surface area contributed by atoms with Crippen molar-refractivity contribution in [1.82, 2.24) is 5.32 Å². The van der Waals surface area contributed by atoms with Crippen LogP contribution in [-0.2, 0) is 6.42 Å². The molecule has 17 heavy (non-hydrogen) atoms. The number of anilines is 1. The molecule has 3 heteroatoms. The monoisotopic (exact) mass is 236 g/mol. The lowest BCUT2D eigenvalue weighted by molar-refractivity contribution is 0.558. The van der Waals surface area contributed by atoms with Crippen molar-refractivity contribution in [2.24, 2.45) is 5.92 Å². The first-order valence-electron chi connectivity index (χ1n) is 6.41. The van der Waals surface area contributed by atoms with Crippen molar-refractivity contribution in [3.05, 3.63) is 29.6 Å². The highest BCUT2D eigenvalue weighted by atomic mass is 19.1. The molecule has 1 aromatic rings. The third-order valence-corrected chi connectivity index (χ3v) is 3.13. The predicted molar refractivity (Wildman–Crippen MR) is 70.0 cm³/mol. The van der Waals surface area contributed by atoms with Gasteiger partial charge in [-0.3, -0.25) is 0 Å². The van der Waals surface area contributed by atoms with Crippen LogP contribution in [0.15, 0.2) is 18.2 Å². The van der Waals surface area contributed by atoms with Crippen LogP contribution in [0.4, 0.5) is 10.1 Å². The Balaban J connectivity index is 2.28. The first-order valence-corrected chi connectivity index (χ1v) is 6.41. The fourth-order valence-corrected chi connectivity index (χ4v) is 2.41. The van der Waals surface area contributed by atoms with Crippen molar-refractivity contribution in [1.29, 1.82) is 0 Å². The molecular formula is C14H21FN2. The molecule has 94 valence electrons. The summed E-state index contributed by atoms with van der Waals surface area (Å²) in [5, 5.41) is 3.30. The number of hydrogen-bond donors (Lipinski definition) is 1. The molecule has 0 spiro atoms. The molecule has 0 atom stereocenters. The van der Waals surface area contributed by atoms with Gasteiger partial charge < -0.3 is 10.2 Å². The van der Waals surface area contributed by atoms with E-state index in [1.807, 2.05) is 6.07 Å². The Morgan fingerprint density at radius 1 is 1.29 bits per heavy atom. The van der Waals surface area contributed by atoms with Gasteiger partial charge >= 0.3 is 0 Å². The van der Waals surface area contributed by atoms with Crippen LogP contribution in [0.5, 0.6) is 0 Å². The van der Waals surface area contributed by atoms with Gasteiger partial charge in [0.25, 0.3) is 0 Å². The van der Waals surface area contributed by atoms with E-state index in [9.17, 15) is 4.39 Å². The van der Waals surface area contributed by atoms with Gasteiger partial charge in [-0.05, 0) is 24.0 Å². The fourth-order valence-electron chi connectivity index (χ4n) is 2.41. The Hall–Kier alpha value is -1.09. The predicted octanol–water partition coefficient (Wildman–Crippen LogP) is 2.43. The Bertz CT molecular complexity index is 370. The number of para-hydroxylation sites is 1. The van der Waals surface area contributed by atoms with E-state index < -0.39 is 0 Å². The molecule has 1 fully saturated rings. The number of halogens is 1. The normalized spacial score (nSPS) is 16.6. The second kappa shape index (κ2) is 5.50. The van der Waals surface area contributed by atoms with Crippen LogP contribution < -0.4 is 10.2 Å². The topological polar surface area (TPSA) is 15.3 Å². The van der Waals surface area contributed by atoms with Crippen LogP contribution in [0.1, 0.15) is 19.4 Å². The molecule has 0 aliphatic carbocycles. The lowest BCUT2D eigenvalue weighted by Crippen LogP contribution is -2.44. The molecule has 0 amide bonds. The first-order chi connectivity index (χ1) is 8.18. The number of hydrogen-bond acceptors (Lipinski definition) is 2. The van der Waals surface area contributed by atoms with E-state index in [4.69, 9.17) is 0 Å². The quantitative estimate of drug-likeness (QED) is 0.867. The zero-order chi connectivity index (χ0) is 12.3. The first kappa shape index (κ1) is 12.4. The molecular weight excluding hydrogens is 215 g/mol. The minimum absolute atomic E-state index is 0.0787. The zero-order valence-electron chi connectivity index (χ0n) is 10.7. The molecule has 2 nitrogen and oxygen atoms in total. The molecule has 0 unspecified atom stereocenters. The minimum atomic E-state index is -0.0787. The second-order valence-corrected chi connectivity index (χ2v) is 5.08. The second-order valence-electron chi connectivity index (χ2n) is 5.08. The third-order valence-electron chi connectivity index (χ3n) is 3.13. The van der Waals surface area contributed by atoms with E-state index >= 15 is 0 Å². The van der Waals surface area contributed by atoms with Gasteiger partial charge in [-0.1, -0.05) is 26.0 Å². The highest BCUT2D eigenvalue weighted by molar-refractivity contribution is 5.55. The summed E-state index contributed by atoms with van der Waals surface area (Å²) in [4.78, 5) is 2.17. The van der Waals surface area contributed by atoms with Crippen LogP contribution in [0.25, 0.3) is 0 Å². The Morgan fingerprint density at radius 2 is 2.00 bits per heavy atom. The van der Waals surface area contributed by atoms with E-state index in [-0.39, 0.29) is 5.82 Å². The zero-order valence-corrected chi connectivity index (χ0v) is 10.7. The molecule has 1 N–H and O–H groups in total. The van der Waals surface area contributed by atoms with Crippen molar-refractivity contribution in [2.45, 2.75) is 20.3 Å². The van der Waals surface area contributed by atoms with Gasteiger partial charge in [-0.25, -0.2) is 4.39 Å². The van der Waals surface area contributed by atoms with Crippen molar-refractivity contribution >= 4 is 5.69 Å². The summed E-state index contributed by atoms with van der Waals surface area (Å²) < 4.78 is 14.0. The lowest BCUT2D eigenvalue weighted by atomic mass is 10.00. The molecule has 1 aliphatic rings. The maximum Gasteiger partial charge on any atom is 0.146 e. The van der Waals surface area contributed by atoms with Crippen molar-refractivity contribution in [3.8, 4) is 0 Å². The fraction of sp³-hybridized carbons (Fsp3) is 0.571. The summed E-state index contributed by atoms with van der Waals surface area (Å²) in [5.41, 5.74) is 1.96. The summed E-state index contributed by atoms with van der Waals surface area (Å²) in [7, 11) is 0. The third kappa shape index (κ3) is 2.97. The van der Waals surface area contributed by atoms with Crippen molar-refractivity contribution in [2.75, 3.05) is 31.1 Å². The van der Waals surface area contributed by atoms with Gasteiger partial charge in [0.2, 0.25) is 0 Å². The maximum absolute atomic E-state index is 14.0. The van der Waals surface area contributed by atoms with Gasteiger partial charge in [0, 0.05) is 26.2 Å². The average molecular weight is 236 g/mol. The molecule has 1 heterocycles. The summed E-state index contributed by atoms with van der Waals surface area (Å²) in [6.07, 6.45) is 0.941. The van der Waals surface area contributed by atoms with Crippen LogP contribution in [0.2, 0.25) is 0 Å². The number of nitrogens with zero attached hydrogens (tertiary/aromatic N) is 1. The van der Waals surface area contributed by atoms with E-state index in [0.717, 1.165) is 43.9 Å². The molecule has 0 bridgehead atoms. The highest BCUT2D eigenvalue weighted by Gasteiger charge is 2.18. The minimum Gasteiger partial charge on any atom is -0.366 e. The van der Waals surface area contributed by atoms with Crippen molar-refractivity contribution in [3.63, 3.8) is 0 Å². The molecule has 2 rings (SSSR count). The van der Waals surface area contributed by atoms with E-state index in [2.05, 4.69) is 30.1 Å². The standard InChI is InChI=1S/C14H21FN2/c1-11(2)10-12-4-3-5-13(15)14(12)17-8-6-16-7-9-17/h3-5,11,16H,6-10H2,1-2H3. The van der Waals surface area contributed by atoms with Gasteiger partial charge in [0.15, 0.2) is 0 Å². The molecule has 1 saturated heterocycles. The van der Waals surface area contributed by atoms with Gasteiger partial charge in [0.1, 0.15) is 5.82 Å². The number of nitrogens with one attached hydrogen (secondary N) is 1. The highest BCUT2D eigenvalue weighted by Crippen LogP contribution is 2.26. The van der Waals surface area contributed by atoms with Gasteiger partial charge in [-0.2, -0.15) is 0 Å². The molecule has 0 aromatic heterocycles. The number of benzene rings is 1. The molecule has 0 saturated carbocycles. The van der Waals surface area contributed by atoms with Crippen molar-refractivity contribution < 1.29 is 4.39 Å². The van der Waals surface area contributed by atoms with Gasteiger partial charge in [-0.15, -0.1) is 0 Å². The van der Waals surface area contributed by atoms with Crippen LogP contribution in [-0.4, -0.2) is 26.2 Å². The van der Waals surface area contributed by atoms with Gasteiger partial charge in [0.05, 0.1) is 5.69 Å². The lowest BCUT2D eigenvalue weighted by Gasteiger charge is -2.31. The summed E-state index contributed by atoms with van der Waals surface area (Å²) in [6.45, 7) is 8.02.